The minimum Gasteiger partial charge on any atom is -0.335 e. The van der Waals surface area contributed by atoms with Gasteiger partial charge in [-0.3, -0.25) is 9.89 Å². The van der Waals surface area contributed by atoms with Gasteiger partial charge in [-0.1, -0.05) is 20.3 Å². The molecule has 112 valence electrons. The molecule has 0 saturated heterocycles. The van der Waals surface area contributed by atoms with Crippen molar-refractivity contribution < 1.29 is 4.79 Å². The largest absolute Gasteiger partial charge is 0.335 e. The topological polar surface area (TPSA) is 49.0 Å². The lowest BCUT2D eigenvalue weighted by molar-refractivity contribution is 0.0626. The minimum atomic E-state index is 0.0677. The van der Waals surface area contributed by atoms with Crippen LogP contribution in [0.15, 0.2) is 6.07 Å². The van der Waals surface area contributed by atoms with E-state index in [1.807, 2.05) is 11.0 Å². The molecule has 0 radical (unpaired) electrons. The summed E-state index contributed by atoms with van der Waals surface area (Å²) in [5.74, 6) is 1.32. The maximum atomic E-state index is 12.6. The van der Waals surface area contributed by atoms with Crippen molar-refractivity contribution in [3.8, 4) is 0 Å². The van der Waals surface area contributed by atoms with Crippen LogP contribution >= 0.6 is 0 Å². The van der Waals surface area contributed by atoms with E-state index >= 15 is 0 Å². The zero-order chi connectivity index (χ0) is 14.7. The standard InChI is InChI=1S/C16H27N3O/c1-11(2)8-14-9-15(18-17-14)16(20)19(12(3)4)10-13-6-5-7-13/h9,11-13H,5-8,10H2,1-4H3,(H,17,18). The smallest absolute Gasteiger partial charge is 0.274 e. The van der Waals surface area contributed by atoms with Gasteiger partial charge in [0.2, 0.25) is 0 Å². The van der Waals surface area contributed by atoms with Crippen LogP contribution in [0.4, 0.5) is 0 Å². The molecule has 1 aliphatic rings. The van der Waals surface area contributed by atoms with Crippen LogP contribution in [0.25, 0.3) is 0 Å². The number of aromatic amines is 1. The Morgan fingerprint density at radius 2 is 2.10 bits per heavy atom. The molecule has 1 heterocycles. The molecule has 1 N–H and O–H groups in total. The Morgan fingerprint density at radius 3 is 2.60 bits per heavy atom. The molecule has 0 unspecified atom stereocenters. The van der Waals surface area contributed by atoms with Gasteiger partial charge in [0, 0.05) is 18.3 Å². The average molecular weight is 277 g/mol. The van der Waals surface area contributed by atoms with E-state index in [2.05, 4.69) is 37.9 Å². The molecule has 0 atom stereocenters. The van der Waals surface area contributed by atoms with Crippen molar-refractivity contribution in [2.75, 3.05) is 6.54 Å². The van der Waals surface area contributed by atoms with Crippen LogP contribution in [-0.2, 0) is 6.42 Å². The number of aromatic nitrogens is 2. The lowest BCUT2D eigenvalue weighted by atomic mass is 9.85. The Bertz CT molecular complexity index is 446. The highest BCUT2D eigenvalue weighted by molar-refractivity contribution is 5.92. The first kappa shape index (κ1) is 15.1. The van der Waals surface area contributed by atoms with E-state index in [1.165, 1.54) is 19.3 Å². The third kappa shape index (κ3) is 3.62. The van der Waals surface area contributed by atoms with E-state index in [-0.39, 0.29) is 11.9 Å². The van der Waals surface area contributed by atoms with Gasteiger partial charge in [0.25, 0.3) is 5.91 Å². The molecule has 20 heavy (non-hydrogen) atoms. The molecule has 1 amide bonds. The zero-order valence-electron chi connectivity index (χ0n) is 13.1. The van der Waals surface area contributed by atoms with Crippen LogP contribution < -0.4 is 0 Å². The van der Waals surface area contributed by atoms with Gasteiger partial charge >= 0.3 is 0 Å². The number of H-pyrrole nitrogens is 1. The molecule has 4 nitrogen and oxygen atoms in total. The molecular formula is C16H27N3O. The summed E-state index contributed by atoms with van der Waals surface area (Å²) in [5, 5.41) is 7.20. The summed E-state index contributed by atoms with van der Waals surface area (Å²) < 4.78 is 0. The number of amides is 1. The van der Waals surface area contributed by atoms with Gasteiger partial charge in [-0.05, 0) is 51.0 Å². The van der Waals surface area contributed by atoms with E-state index in [0.29, 0.717) is 17.5 Å². The molecule has 0 aliphatic heterocycles. The van der Waals surface area contributed by atoms with Crippen LogP contribution in [-0.4, -0.2) is 33.6 Å². The molecule has 1 fully saturated rings. The molecular weight excluding hydrogens is 250 g/mol. The van der Waals surface area contributed by atoms with Gasteiger partial charge in [-0.25, -0.2) is 0 Å². The Hall–Kier alpha value is -1.32. The second-order valence-electron chi connectivity index (χ2n) is 6.72. The highest BCUT2D eigenvalue weighted by atomic mass is 16.2. The number of rotatable bonds is 6. The van der Waals surface area contributed by atoms with E-state index in [0.717, 1.165) is 18.7 Å². The maximum absolute atomic E-state index is 12.6. The Labute approximate surface area is 121 Å². The lowest BCUT2D eigenvalue weighted by Crippen LogP contribution is -2.42. The Morgan fingerprint density at radius 1 is 1.40 bits per heavy atom. The van der Waals surface area contributed by atoms with E-state index in [9.17, 15) is 4.79 Å². The van der Waals surface area contributed by atoms with Crippen LogP contribution in [0.3, 0.4) is 0 Å². The van der Waals surface area contributed by atoms with Gasteiger partial charge in [0.15, 0.2) is 0 Å². The van der Waals surface area contributed by atoms with Crippen molar-refractivity contribution in [3.63, 3.8) is 0 Å². The second kappa shape index (κ2) is 6.42. The van der Waals surface area contributed by atoms with E-state index < -0.39 is 0 Å². The normalized spacial score (nSPS) is 15.7. The molecule has 1 aromatic rings. The van der Waals surface area contributed by atoms with Crippen LogP contribution in [0.2, 0.25) is 0 Å². The predicted octanol–water partition coefficient (Wildman–Crippen LogP) is 3.26. The first-order valence-corrected chi connectivity index (χ1v) is 7.82. The average Bonchev–Trinajstić information content (AvgIpc) is 2.73. The first-order chi connectivity index (χ1) is 9.47. The number of hydrogen-bond acceptors (Lipinski definition) is 2. The quantitative estimate of drug-likeness (QED) is 0.867. The lowest BCUT2D eigenvalue weighted by Gasteiger charge is -2.34. The summed E-state index contributed by atoms with van der Waals surface area (Å²) in [6.07, 6.45) is 4.77. The highest BCUT2D eigenvalue weighted by Gasteiger charge is 2.27. The van der Waals surface area contributed by atoms with Crippen molar-refractivity contribution in [1.29, 1.82) is 0 Å². The summed E-state index contributed by atoms with van der Waals surface area (Å²) in [7, 11) is 0. The molecule has 1 aromatic heterocycles. The molecule has 0 bridgehead atoms. The van der Waals surface area contributed by atoms with Crippen molar-refractivity contribution >= 4 is 5.91 Å². The van der Waals surface area contributed by atoms with Crippen molar-refractivity contribution in [2.24, 2.45) is 11.8 Å². The third-order valence-corrected chi connectivity index (χ3v) is 4.04. The van der Waals surface area contributed by atoms with Gasteiger partial charge in [0.05, 0.1) is 0 Å². The highest BCUT2D eigenvalue weighted by Crippen LogP contribution is 2.28. The Kier molecular flexibility index (Phi) is 4.84. The summed E-state index contributed by atoms with van der Waals surface area (Å²) >= 11 is 0. The van der Waals surface area contributed by atoms with Crippen molar-refractivity contribution in [2.45, 2.75) is 59.4 Å². The minimum absolute atomic E-state index is 0.0677. The monoisotopic (exact) mass is 277 g/mol. The first-order valence-electron chi connectivity index (χ1n) is 7.82. The molecule has 0 spiro atoms. The predicted molar refractivity (Wildman–Crippen MR) is 80.6 cm³/mol. The molecule has 2 rings (SSSR count). The summed E-state index contributed by atoms with van der Waals surface area (Å²) in [6, 6.07) is 2.15. The van der Waals surface area contributed by atoms with Gasteiger partial charge in [-0.15, -0.1) is 0 Å². The number of nitrogens with one attached hydrogen (secondary N) is 1. The zero-order valence-corrected chi connectivity index (χ0v) is 13.1. The molecule has 1 saturated carbocycles. The third-order valence-electron chi connectivity index (χ3n) is 4.04. The number of carbonyl (C=O) groups is 1. The summed E-state index contributed by atoms with van der Waals surface area (Å²) in [6.45, 7) is 9.37. The van der Waals surface area contributed by atoms with Crippen molar-refractivity contribution in [3.05, 3.63) is 17.5 Å². The summed E-state index contributed by atoms with van der Waals surface area (Å²) in [5.41, 5.74) is 1.62. The van der Waals surface area contributed by atoms with E-state index in [1.54, 1.807) is 0 Å². The molecule has 0 aromatic carbocycles. The van der Waals surface area contributed by atoms with Crippen LogP contribution in [0, 0.1) is 11.8 Å². The fourth-order valence-corrected chi connectivity index (χ4v) is 2.64. The second-order valence-corrected chi connectivity index (χ2v) is 6.72. The number of carbonyl (C=O) groups excluding carboxylic acids is 1. The van der Waals surface area contributed by atoms with Gasteiger partial charge < -0.3 is 4.90 Å². The maximum Gasteiger partial charge on any atom is 0.274 e. The molecule has 4 heteroatoms. The van der Waals surface area contributed by atoms with Gasteiger partial charge in [0.1, 0.15) is 5.69 Å². The van der Waals surface area contributed by atoms with Gasteiger partial charge in [-0.2, -0.15) is 5.10 Å². The number of hydrogen-bond donors (Lipinski definition) is 1. The SMILES string of the molecule is CC(C)Cc1cc(C(=O)N(CC2CCC2)C(C)C)n[nH]1. The number of nitrogens with zero attached hydrogens (tertiary/aromatic N) is 2. The van der Waals surface area contributed by atoms with E-state index in [4.69, 9.17) is 0 Å². The summed E-state index contributed by atoms with van der Waals surface area (Å²) in [4.78, 5) is 14.6. The van der Waals surface area contributed by atoms with Crippen LogP contribution in [0.5, 0.6) is 0 Å². The fraction of sp³-hybridized carbons (Fsp3) is 0.750. The molecule has 1 aliphatic carbocycles. The van der Waals surface area contributed by atoms with Crippen molar-refractivity contribution in [1.82, 2.24) is 15.1 Å². The fourth-order valence-electron chi connectivity index (χ4n) is 2.64. The van der Waals surface area contributed by atoms with Crippen LogP contribution in [0.1, 0.15) is 63.1 Å². The Balaban J connectivity index is 2.04.